The first-order chi connectivity index (χ1) is 17.6. The molecule has 0 amide bonds. The van der Waals surface area contributed by atoms with Crippen LogP contribution in [-0.4, -0.2) is 16.3 Å². The first kappa shape index (κ1) is 23.1. The largest absolute Gasteiger partial charge is 0.612 e. The van der Waals surface area contributed by atoms with Crippen molar-refractivity contribution in [3.05, 3.63) is 147 Å². The Balaban J connectivity index is 1.61. The molecule has 1 heterocycles. The first-order valence-electron chi connectivity index (χ1n) is 11.2. The predicted octanol–water partition coefficient (Wildman–Crippen LogP) is 5.78. The van der Waals surface area contributed by atoms with Crippen molar-refractivity contribution in [2.24, 2.45) is 4.99 Å². The first-order valence-corrected chi connectivity index (χ1v) is 12.0. The highest BCUT2D eigenvalue weighted by Gasteiger charge is 2.26. The molecule has 0 atom stereocenters. The molecule has 1 aliphatic carbocycles. The fourth-order valence-electron chi connectivity index (χ4n) is 3.68. The maximum Gasteiger partial charge on any atom is 0.222 e. The van der Waals surface area contributed by atoms with Crippen molar-refractivity contribution in [3.63, 3.8) is 0 Å². The zero-order valence-electron chi connectivity index (χ0n) is 19.1. The van der Waals surface area contributed by atoms with Gasteiger partial charge in [0.1, 0.15) is 10.1 Å². The molecule has 0 saturated carbocycles. The van der Waals surface area contributed by atoms with Crippen LogP contribution in [0, 0.1) is 10.4 Å². The number of aliphatic imine (C=N–C) groups is 1. The van der Waals surface area contributed by atoms with E-state index in [2.05, 4.69) is 5.43 Å². The highest BCUT2D eigenvalue weighted by atomic mass is 32.2. The minimum Gasteiger partial charge on any atom is -0.612 e. The molecule has 7 nitrogen and oxygen atoms in total. The molecule has 1 fully saturated rings. The van der Waals surface area contributed by atoms with Crippen molar-refractivity contribution < 1.29 is 4.90 Å². The third-order valence-corrected chi connectivity index (χ3v) is 6.54. The predicted molar refractivity (Wildman–Crippen MR) is 149 cm³/mol. The SMILES string of the molecule is Nc1ccccc1N=C(C=C1SC(=C2C=CC(=[N+]([O-])[O-])C=C2)NN1c1ccccc1)c1ccccc1. The van der Waals surface area contributed by atoms with Crippen molar-refractivity contribution in [3.8, 4) is 0 Å². The van der Waals surface area contributed by atoms with Crippen LogP contribution >= 0.6 is 11.8 Å². The van der Waals surface area contributed by atoms with Crippen LogP contribution < -0.4 is 16.2 Å². The van der Waals surface area contributed by atoms with Crippen LogP contribution in [0.1, 0.15) is 5.56 Å². The molecule has 36 heavy (non-hydrogen) atoms. The Morgan fingerprint density at radius 2 is 1.50 bits per heavy atom. The Labute approximate surface area is 213 Å². The van der Waals surface area contributed by atoms with Gasteiger partial charge in [-0.15, -0.1) is 0 Å². The van der Waals surface area contributed by atoms with Crippen LogP contribution in [-0.2, 0) is 0 Å². The molecule has 0 unspecified atom stereocenters. The summed E-state index contributed by atoms with van der Waals surface area (Å²) < 4.78 is 0. The van der Waals surface area contributed by atoms with Gasteiger partial charge >= 0.3 is 0 Å². The van der Waals surface area contributed by atoms with Gasteiger partial charge in [-0.1, -0.05) is 72.4 Å². The molecular formula is C28H22N5O2S-. The quantitative estimate of drug-likeness (QED) is 0.207. The molecule has 8 heteroatoms. The van der Waals surface area contributed by atoms with E-state index >= 15 is 0 Å². The lowest BCUT2D eigenvalue weighted by atomic mass is 10.1. The van der Waals surface area contributed by atoms with Crippen molar-refractivity contribution >= 4 is 40.2 Å². The fraction of sp³-hybridized carbons (Fsp3) is 0. The summed E-state index contributed by atoms with van der Waals surface area (Å²) in [6.45, 7) is 0. The second-order valence-corrected chi connectivity index (χ2v) is 8.95. The van der Waals surface area contributed by atoms with E-state index < -0.39 is 4.90 Å². The number of nitrogen functional groups attached to an aromatic ring is 1. The fourth-order valence-corrected chi connectivity index (χ4v) is 4.69. The Kier molecular flexibility index (Phi) is 6.59. The zero-order valence-corrected chi connectivity index (χ0v) is 19.9. The monoisotopic (exact) mass is 492 g/mol. The van der Waals surface area contributed by atoms with Gasteiger partial charge in [0.25, 0.3) is 0 Å². The number of anilines is 2. The summed E-state index contributed by atoms with van der Waals surface area (Å²) >= 11 is 1.53. The molecule has 3 aromatic carbocycles. The van der Waals surface area contributed by atoms with Crippen LogP contribution in [0.2, 0.25) is 0 Å². The van der Waals surface area contributed by atoms with E-state index in [0.29, 0.717) is 11.4 Å². The third kappa shape index (κ3) is 5.03. The molecule has 5 rings (SSSR count). The van der Waals surface area contributed by atoms with Crippen molar-refractivity contribution in [2.75, 3.05) is 10.7 Å². The van der Waals surface area contributed by atoms with Gasteiger partial charge in [-0.3, -0.25) is 5.43 Å². The molecule has 3 N–H and O–H groups in total. The summed E-state index contributed by atoms with van der Waals surface area (Å²) in [6, 6.07) is 27.4. The number of para-hydroxylation sites is 3. The smallest absolute Gasteiger partial charge is 0.222 e. The highest BCUT2D eigenvalue weighted by molar-refractivity contribution is 8.07. The van der Waals surface area contributed by atoms with Crippen LogP contribution in [0.25, 0.3) is 0 Å². The van der Waals surface area contributed by atoms with Gasteiger partial charge in [-0.2, -0.15) is 4.90 Å². The summed E-state index contributed by atoms with van der Waals surface area (Å²) in [6.07, 6.45) is 8.53. The van der Waals surface area contributed by atoms with Gasteiger partial charge < -0.3 is 16.1 Å². The number of hydrazine groups is 1. The molecule has 2 aliphatic rings. The summed E-state index contributed by atoms with van der Waals surface area (Å²) in [5.41, 5.74) is 14.5. The van der Waals surface area contributed by atoms with Gasteiger partial charge in [-0.25, -0.2) is 10.0 Å². The molecule has 1 aliphatic heterocycles. The molecule has 178 valence electrons. The Bertz CT molecular complexity index is 1440. The summed E-state index contributed by atoms with van der Waals surface area (Å²) in [5, 5.41) is 25.9. The van der Waals surface area contributed by atoms with E-state index in [-0.39, 0.29) is 5.71 Å². The number of hydrogen-bond donors (Lipinski definition) is 2. The van der Waals surface area contributed by atoms with Gasteiger partial charge in [0.15, 0.2) is 0 Å². The number of nitrogens with two attached hydrogens (primary N) is 1. The van der Waals surface area contributed by atoms with E-state index in [4.69, 9.17) is 10.7 Å². The number of hydrogen-bond acceptors (Lipinski definition) is 7. The van der Waals surface area contributed by atoms with Gasteiger partial charge in [0.2, 0.25) is 5.71 Å². The minimum atomic E-state index is -0.400. The van der Waals surface area contributed by atoms with E-state index in [0.717, 1.165) is 32.6 Å². The lowest BCUT2D eigenvalue weighted by Gasteiger charge is -2.19. The zero-order chi connectivity index (χ0) is 24.9. The summed E-state index contributed by atoms with van der Waals surface area (Å²) in [7, 11) is 0. The highest BCUT2D eigenvalue weighted by Crippen LogP contribution is 2.39. The molecule has 0 spiro atoms. The second-order valence-electron chi connectivity index (χ2n) is 7.92. The molecule has 1 saturated heterocycles. The van der Waals surface area contributed by atoms with Crippen molar-refractivity contribution in [1.29, 1.82) is 0 Å². The van der Waals surface area contributed by atoms with Gasteiger partial charge in [-0.05, 0) is 42.5 Å². The average molecular weight is 493 g/mol. The van der Waals surface area contributed by atoms with E-state index in [1.54, 1.807) is 12.2 Å². The number of benzene rings is 3. The van der Waals surface area contributed by atoms with Crippen molar-refractivity contribution in [2.45, 2.75) is 0 Å². The topological polar surface area (TPSA) is 103 Å². The normalized spacial score (nSPS) is 16.6. The Morgan fingerprint density at radius 1 is 0.861 bits per heavy atom. The maximum absolute atomic E-state index is 11.1. The number of nitrogens with one attached hydrogen (secondary N) is 1. The molecule has 3 aromatic rings. The van der Waals surface area contributed by atoms with Crippen molar-refractivity contribution in [1.82, 2.24) is 5.43 Å². The molecule has 0 aromatic heterocycles. The Morgan fingerprint density at radius 3 is 2.17 bits per heavy atom. The number of thioether (sulfide) groups is 1. The number of allylic oxidation sites excluding steroid dienone is 6. The number of rotatable bonds is 4. The van der Waals surface area contributed by atoms with Crippen LogP contribution in [0.5, 0.6) is 0 Å². The molecular weight excluding hydrogens is 470 g/mol. The van der Waals surface area contributed by atoms with Gasteiger partial charge in [0.05, 0.1) is 22.8 Å². The summed E-state index contributed by atoms with van der Waals surface area (Å²) in [4.78, 5) is 4.51. The average Bonchev–Trinajstić information content (AvgIpc) is 3.34. The lowest BCUT2D eigenvalue weighted by Crippen LogP contribution is -2.29. The summed E-state index contributed by atoms with van der Waals surface area (Å²) in [5.74, 6) is 0. The standard InChI is InChI=1S/C28H22N5O2S/c29-24-13-7-8-14-25(24)30-26(20-9-3-1-4-10-20)19-27-32(22-11-5-2-6-12-22)31-28(36-27)21-15-17-23(18-16-21)33(34)35/h1-19,31H,29H2/q-1. The minimum absolute atomic E-state index is 0.0528. The third-order valence-electron chi connectivity index (χ3n) is 5.50. The van der Waals surface area contributed by atoms with E-state index in [1.807, 2.05) is 96.0 Å². The Hall–Kier alpha value is -4.69. The van der Waals surface area contributed by atoms with Crippen LogP contribution in [0.4, 0.5) is 17.1 Å². The van der Waals surface area contributed by atoms with Gasteiger partial charge in [0, 0.05) is 23.3 Å². The van der Waals surface area contributed by atoms with E-state index in [9.17, 15) is 10.4 Å². The second kappa shape index (κ2) is 10.3. The van der Waals surface area contributed by atoms with Crippen LogP contribution in [0.15, 0.2) is 136 Å². The van der Waals surface area contributed by atoms with Crippen LogP contribution in [0.3, 0.4) is 0 Å². The molecule has 0 bridgehead atoms. The van der Waals surface area contributed by atoms with E-state index in [1.165, 1.54) is 23.9 Å². The molecule has 0 radical (unpaired) electrons. The maximum atomic E-state index is 11.1. The lowest BCUT2D eigenvalue weighted by molar-refractivity contribution is -0.377. The number of nitrogens with zero attached hydrogens (tertiary/aromatic N) is 3.